The van der Waals surface area contributed by atoms with Crippen LogP contribution >= 0.6 is 11.6 Å². The standard InChI is InChI=1S/C21H20ClFN2O3/c22-16-4-3-5-17(23)15(16)12-24(14-8-9-14)21(27)13-25-18-6-1-2-7-19(18)28-11-10-20(25)26/h1-7,14H,8-13H2. The molecule has 2 aromatic carbocycles. The van der Waals surface area contributed by atoms with Crippen LogP contribution in [0, 0.1) is 5.82 Å². The normalized spacial score (nSPS) is 16.2. The minimum absolute atomic E-state index is 0.0525. The lowest BCUT2D eigenvalue weighted by atomic mass is 10.2. The average Bonchev–Trinajstić information content (AvgIpc) is 3.51. The Labute approximate surface area is 167 Å². The van der Waals surface area contributed by atoms with Crippen molar-refractivity contribution in [3.05, 3.63) is 58.9 Å². The summed E-state index contributed by atoms with van der Waals surface area (Å²) in [5.41, 5.74) is 0.883. The molecule has 1 aliphatic heterocycles. The third-order valence-electron chi connectivity index (χ3n) is 5.02. The van der Waals surface area contributed by atoms with Crippen LogP contribution in [0.2, 0.25) is 5.02 Å². The number of rotatable bonds is 5. The van der Waals surface area contributed by atoms with E-state index in [2.05, 4.69) is 0 Å². The number of halogens is 2. The van der Waals surface area contributed by atoms with E-state index in [0.29, 0.717) is 22.0 Å². The Balaban J connectivity index is 1.58. The van der Waals surface area contributed by atoms with Gasteiger partial charge >= 0.3 is 0 Å². The third-order valence-corrected chi connectivity index (χ3v) is 5.38. The van der Waals surface area contributed by atoms with Crippen molar-refractivity contribution in [2.24, 2.45) is 0 Å². The molecule has 0 atom stereocenters. The van der Waals surface area contributed by atoms with Gasteiger partial charge in [0, 0.05) is 16.6 Å². The molecule has 0 aromatic heterocycles. The zero-order valence-electron chi connectivity index (χ0n) is 15.2. The fraction of sp³-hybridized carbons (Fsp3) is 0.333. The lowest BCUT2D eigenvalue weighted by Gasteiger charge is -2.28. The van der Waals surface area contributed by atoms with Crippen LogP contribution in [-0.4, -0.2) is 35.9 Å². The number of fused-ring (bicyclic) bond motifs is 1. The summed E-state index contributed by atoms with van der Waals surface area (Å²) in [6.45, 7) is 0.259. The van der Waals surface area contributed by atoms with E-state index in [1.54, 1.807) is 29.2 Å². The molecule has 1 heterocycles. The molecule has 2 aliphatic rings. The van der Waals surface area contributed by atoms with Crippen LogP contribution < -0.4 is 9.64 Å². The van der Waals surface area contributed by atoms with E-state index in [1.165, 1.54) is 17.0 Å². The molecule has 1 saturated carbocycles. The lowest BCUT2D eigenvalue weighted by Crippen LogP contribution is -2.43. The van der Waals surface area contributed by atoms with Crippen molar-refractivity contribution in [1.29, 1.82) is 0 Å². The molecule has 0 radical (unpaired) electrons. The summed E-state index contributed by atoms with van der Waals surface area (Å²) in [6.07, 6.45) is 1.93. The molecule has 1 aliphatic carbocycles. The molecule has 2 amide bonds. The van der Waals surface area contributed by atoms with E-state index in [-0.39, 0.29) is 44.0 Å². The summed E-state index contributed by atoms with van der Waals surface area (Å²) < 4.78 is 19.8. The van der Waals surface area contributed by atoms with E-state index in [9.17, 15) is 14.0 Å². The third kappa shape index (κ3) is 3.83. The molecular weight excluding hydrogens is 383 g/mol. The fourth-order valence-corrected chi connectivity index (χ4v) is 3.60. The van der Waals surface area contributed by atoms with E-state index < -0.39 is 5.82 Å². The average molecular weight is 403 g/mol. The van der Waals surface area contributed by atoms with Gasteiger partial charge in [-0.2, -0.15) is 0 Å². The van der Waals surface area contributed by atoms with Gasteiger partial charge in [-0.15, -0.1) is 0 Å². The zero-order valence-corrected chi connectivity index (χ0v) is 16.0. The Hall–Kier alpha value is -2.60. The second-order valence-corrected chi connectivity index (χ2v) is 7.41. The molecule has 146 valence electrons. The highest BCUT2D eigenvalue weighted by atomic mass is 35.5. The van der Waals surface area contributed by atoms with E-state index in [0.717, 1.165) is 12.8 Å². The van der Waals surface area contributed by atoms with Gasteiger partial charge in [-0.05, 0) is 37.1 Å². The number of ether oxygens (including phenoxy) is 1. The Kier molecular flexibility index (Phi) is 5.22. The van der Waals surface area contributed by atoms with Gasteiger partial charge in [-0.1, -0.05) is 29.8 Å². The Morgan fingerprint density at radius 2 is 2.00 bits per heavy atom. The highest BCUT2D eigenvalue weighted by Gasteiger charge is 2.35. The van der Waals surface area contributed by atoms with Gasteiger partial charge in [-0.25, -0.2) is 4.39 Å². The maximum absolute atomic E-state index is 14.2. The van der Waals surface area contributed by atoms with Gasteiger partial charge in [0.25, 0.3) is 0 Å². The van der Waals surface area contributed by atoms with Crippen LogP contribution in [0.3, 0.4) is 0 Å². The molecule has 0 unspecified atom stereocenters. The van der Waals surface area contributed by atoms with Crippen molar-refractivity contribution in [2.45, 2.75) is 31.8 Å². The van der Waals surface area contributed by atoms with E-state index in [4.69, 9.17) is 16.3 Å². The molecule has 7 heteroatoms. The molecule has 4 rings (SSSR count). The molecule has 0 N–H and O–H groups in total. The molecule has 5 nitrogen and oxygen atoms in total. The molecule has 0 bridgehead atoms. The highest BCUT2D eigenvalue weighted by molar-refractivity contribution is 6.31. The van der Waals surface area contributed by atoms with Gasteiger partial charge in [0.2, 0.25) is 11.8 Å². The van der Waals surface area contributed by atoms with Crippen molar-refractivity contribution < 1.29 is 18.7 Å². The minimum Gasteiger partial charge on any atom is -0.491 e. The molecule has 1 fully saturated rings. The van der Waals surface area contributed by atoms with Crippen molar-refractivity contribution >= 4 is 29.1 Å². The fourth-order valence-electron chi connectivity index (χ4n) is 3.38. The second kappa shape index (κ2) is 7.80. The maximum atomic E-state index is 14.2. The monoisotopic (exact) mass is 402 g/mol. The largest absolute Gasteiger partial charge is 0.491 e. The quantitative estimate of drug-likeness (QED) is 0.764. The first-order chi connectivity index (χ1) is 13.5. The van der Waals surface area contributed by atoms with Gasteiger partial charge in [0.05, 0.1) is 25.3 Å². The highest BCUT2D eigenvalue weighted by Crippen LogP contribution is 2.33. The van der Waals surface area contributed by atoms with Crippen LogP contribution in [0.15, 0.2) is 42.5 Å². The van der Waals surface area contributed by atoms with Crippen molar-refractivity contribution in [3.63, 3.8) is 0 Å². The summed E-state index contributed by atoms with van der Waals surface area (Å²) in [7, 11) is 0. The Morgan fingerprint density at radius 1 is 1.21 bits per heavy atom. The molecule has 0 spiro atoms. The molecular formula is C21H20ClFN2O3. The number of benzene rings is 2. The number of carbonyl (C=O) groups excluding carboxylic acids is 2. The number of hydrogen-bond donors (Lipinski definition) is 0. The van der Waals surface area contributed by atoms with Crippen LogP contribution in [0.4, 0.5) is 10.1 Å². The number of amides is 2. The maximum Gasteiger partial charge on any atom is 0.243 e. The SMILES string of the molecule is O=C1CCOc2ccccc2N1CC(=O)N(Cc1c(F)cccc1Cl)C1CC1. The molecule has 28 heavy (non-hydrogen) atoms. The summed E-state index contributed by atoms with van der Waals surface area (Å²) >= 11 is 6.15. The van der Waals surface area contributed by atoms with Crippen LogP contribution in [0.25, 0.3) is 0 Å². The van der Waals surface area contributed by atoms with Crippen molar-refractivity contribution in [3.8, 4) is 5.75 Å². The minimum atomic E-state index is -0.435. The topological polar surface area (TPSA) is 49.9 Å². The lowest BCUT2D eigenvalue weighted by molar-refractivity contribution is -0.132. The number of nitrogens with zero attached hydrogens (tertiary/aromatic N) is 2. The van der Waals surface area contributed by atoms with Crippen LogP contribution in [-0.2, 0) is 16.1 Å². The van der Waals surface area contributed by atoms with Crippen molar-refractivity contribution in [2.75, 3.05) is 18.1 Å². The Morgan fingerprint density at radius 3 is 2.75 bits per heavy atom. The smallest absolute Gasteiger partial charge is 0.243 e. The van der Waals surface area contributed by atoms with Gasteiger partial charge in [-0.3, -0.25) is 14.5 Å². The van der Waals surface area contributed by atoms with Crippen LogP contribution in [0.1, 0.15) is 24.8 Å². The predicted molar refractivity (Wildman–Crippen MR) is 104 cm³/mol. The summed E-state index contributed by atoms with van der Waals surface area (Å²) in [6, 6.07) is 11.7. The first-order valence-corrected chi connectivity index (χ1v) is 9.67. The van der Waals surface area contributed by atoms with Crippen molar-refractivity contribution in [1.82, 2.24) is 4.90 Å². The predicted octanol–water partition coefficient (Wildman–Crippen LogP) is 3.79. The second-order valence-electron chi connectivity index (χ2n) is 7.00. The number of para-hydroxylation sites is 2. The number of carbonyl (C=O) groups is 2. The molecule has 0 saturated heterocycles. The first-order valence-electron chi connectivity index (χ1n) is 9.29. The Bertz CT molecular complexity index is 896. The first kappa shape index (κ1) is 18.7. The summed E-state index contributed by atoms with van der Waals surface area (Å²) in [5, 5.41) is 0.294. The van der Waals surface area contributed by atoms with Gasteiger partial charge < -0.3 is 9.64 Å². The van der Waals surface area contributed by atoms with Gasteiger partial charge in [0.1, 0.15) is 18.1 Å². The molecule has 2 aromatic rings. The summed E-state index contributed by atoms with van der Waals surface area (Å²) in [5.74, 6) is -0.253. The number of anilines is 1. The summed E-state index contributed by atoms with van der Waals surface area (Å²) in [4.78, 5) is 28.8. The number of hydrogen-bond acceptors (Lipinski definition) is 3. The van der Waals surface area contributed by atoms with Gasteiger partial charge in [0.15, 0.2) is 0 Å². The van der Waals surface area contributed by atoms with E-state index in [1.807, 2.05) is 6.07 Å². The van der Waals surface area contributed by atoms with E-state index >= 15 is 0 Å². The van der Waals surface area contributed by atoms with Crippen LogP contribution in [0.5, 0.6) is 5.75 Å². The zero-order chi connectivity index (χ0) is 19.7.